The fourth-order valence-corrected chi connectivity index (χ4v) is 2.21. The van der Waals surface area contributed by atoms with Gasteiger partial charge in [-0.15, -0.1) is 0 Å². The van der Waals surface area contributed by atoms with Crippen LogP contribution in [0.15, 0.2) is 27.1 Å². The summed E-state index contributed by atoms with van der Waals surface area (Å²) in [6.07, 6.45) is 0. The Hall–Kier alpha value is -0.390. The highest BCUT2D eigenvalue weighted by Crippen LogP contribution is 2.22. The summed E-state index contributed by atoms with van der Waals surface area (Å²) in [5.74, 6) is 0.0118. The molecule has 0 radical (unpaired) electrons. The summed E-state index contributed by atoms with van der Waals surface area (Å²) in [4.78, 5) is 14.0. The average molecular weight is 365 g/mol. The topological polar surface area (TPSA) is 29.5 Å². The number of benzene rings is 1. The summed E-state index contributed by atoms with van der Waals surface area (Å²) < 4.78 is 6.70. The molecule has 0 bridgehead atoms. The molecule has 0 aliphatic heterocycles. The number of rotatable bonds is 5. The van der Waals surface area contributed by atoms with Crippen molar-refractivity contribution in [1.29, 1.82) is 0 Å². The van der Waals surface area contributed by atoms with E-state index in [0.717, 1.165) is 8.95 Å². The van der Waals surface area contributed by atoms with Gasteiger partial charge in [-0.25, -0.2) is 0 Å². The van der Waals surface area contributed by atoms with Gasteiger partial charge in [-0.2, -0.15) is 0 Å². The van der Waals surface area contributed by atoms with Gasteiger partial charge in [0.15, 0.2) is 0 Å². The maximum Gasteiger partial charge on any atom is 0.255 e. The van der Waals surface area contributed by atoms with Gasteiger partial charge in [0.25, 0.3) is 5.91 Å². The first-order valence-corrected chi connectivity index (χ1v) is 6.92. The van der Waals surface area contributed by atoms with Crippen LogP contribution in [0.25, 0.3) is 0 Å². The standard InChI is InChI=1S/C12H15Br2NO2/c1-3-15(6-7-17-2)12(16)10-8-9(13)4-5-11(10)14/h4-5,8H,3,6-7H2,1-2H3. The first kappa shape index (κ1) is 14.7. The van der Waals surface area contributed by atoms with E-state index in [1.54, 1.807) is 12.0 Å². The fraction of sp³-hybridized carbons (Fsp3) is 0.417. The monoisotopic (exact) mass is 363 g/mol. The van der Waals surface area contributed by atoms with Gasteiger partial charge in [-0.05, 0) is 41.1 Å². The Kier molecular flexibility index (Phi) is 6.16. The van der Waals surface area contributed by atoms with Crippen LogP contribution in [-0.4, -0.2) is 37.6 Å². The van der Waals surface area contributed by atoms with E-state index in [1.807, 2.05) is 25.1 Å². The molecular formula is C12H15Br2NO2. The molecule has 0 saturated carbocycles. The Morgan fingerprint density at radius 1 is 1.41 bits per heavy atom. The van der Waals surface area contributed by atoms with E-state index in [2.05, 4.69) is 31.9 Å². The van der Waals surface area contributed by atoms with Crippen LogP contribution in [0.4, 0.5) is 0 Å². The summed E-state index contributed by atoms with van der Waals surface area (Å²) in [5.41, 5.74) is 0.664. The molecule has 17 heavy (non-hydrogen) atoms. The highest BCUT2D eigenvalue weighted by Gasteiger charge is 2.16. The van der Waals surface area contributed by atoms with Crippen LogP contribution in [0, 0.1) is 0 Å². The fourth-order valence-electron chi connectivity index (χ4n) is 1.44. The van der Waals surface area contributed by atoms with Crippen molar-refractivity contribution in [2.24, 2.45) is 0 Å². The number of ether oxygens (including phenoxy) is 1. The molecule has 0 unspecified atom stereocenters. The number of carbonyl (C=O) groups is 1. The van der Waals surface area contributed by atoms with E-state index < -0.39 is 0 Å². The van der Waals surface area contributed by atoms with Gasteiger partial charge in [-0.3, -0.25) is 4.79 Å². The van der Waals surface area contributed by atoms with E-state index in [9.17, 15) is 4.79 Å². The predicted octanol–water partition coefficient (Wildman–Crippen LogP) is 3.32. The molecule has 0 aliphatic carbocycles. The SMILES string of the molecule is CCN(CCOC)C(=O)c1cc(Br)ccc1Br. The second-order valence-electron chi connectivity index (χ2n) is 3.50. The number of hydrogen-bond acceptors (Lipinski definition) is 2. The average Bonchev–Trinajstić information content (AvgIpc) is 2.33. The zero-order chi connectivity index (χ0) is 12.8. The van der Waals surface area contributed by atoms with Crippen LogP contribution in [0.2, 0.25) is 0 Å². The van der Waals surface area contributed by atoms with Crippen molar-refractivity contribution >= 4 is 37.8 Å². The molecule has 0 fully saturated rings. The zero-order valence-electron chi connectivity index (χ0n) is 9.87. The van der Waals surface area contributed by atoms with Crippen LogP contribution in [0.1, 0.15) is 17.3 Å². The normalized spacial score (nSPS) is 10.4. The third-order valence-corrected chi connectivity index (χ3v) is 3.58. The Balaban J connectivity index is 2.89. The Labute approximate surface area is 118 Å². The van der Waals surface area contributed by atoms with Gasteiger partial charge < -0.3 is 9.64 Å². The van der Waals surface area contributed by atoms with Gasteiger partial charge in [-0.1, -0.05) is 15.9 Å². The van der Waals surface area contributed by atoms with Crippen molar-refractivity contribution in [2.45, 2.75) is 6.92 Å². The molecule has 94 valence electrons. The van der Waals surface area contributed by atoms with Crippen molar-refractivity contribution in [3.8, 4) is 0 Å². The van der Waals surface area contributed by atoms with Gasteiger partial charge in [0.2, 0.25) is 0 Å². The van der Waals surface area contributed by atoms with E-state index in [1.165, 1.54) is 0 Å². The van der Waals surface area contributed by atoms with E-state index >= 15 is 0 Å². The molecule has 0 aromatic heterocycles. The Morgan fingerprint density at radius 2 is 2.12 bits per heavy atom. The molecular weight excluding hydrogens is 350 g/mol. The van der Waals surface area contributed by atoms with Crippen molar-refractivity contribution in [3.05, 3.63) is 32.7 Å². The molecule has 3 nitrogen and oxygen atoms in total. The van der Waals surface area contributed by atoms with Gasteiger partial charge >= 0.3 is 0 Å². The molecule has 1 rings (SSSR count). The zero-order valence-corrected chi connectivity index (χ0v) is 13.0. The molecule has 0 heterocycles. The molecule has 0 atom stereocenters. The summed E-state index contributed by atoms with van der Waals surface area (Å²) in [6, 6.07) is 5.58. The van der Waals surface area contributed by atoms with E-state index in [0.29, 0.717) is 25.3 Å². The molecule has 0 aliphatic rings. The summed E-state index contributed by atoms with van der Waals surface area (Å²) >= 11 is 6.77. The largest absolute Gasteiger partial charge is 0.383 e. The van der Waals surface area contributed by atoms with Crippen molar-refractivity contribution in [1.82, 2.24) is 4.90 Å². The first-order valence-electron chi connectivity index (χ1n) is 5.33. The second-order valence-corrected chi connectivity index (χ2v) is 5.27. The predicted molar refractivity (Wildman–Crippen MR) is 75.3 cm³/mol. The number of nitrogens with zero attached hydrogens (tertiary/aromatic N) is 1. The van der Waals surface area contributed by atoms with Crippen LogP contribution < -0.4 is 0 Å². The maximum atomic E-state index is 12.3. The van der Waals surface area contributed by atoms with Crippen molar-refractivity contribution < 1.29 is 9.53 Å². The number of methoxy groups -OCH3 is 1. The van der Waals surface area contributed by atoms with Gasteiger partial charge in [0, 0.05) is 29.1 Å². The van der Waals surface area contributed by atoms with Crippen LogP contribution in [0.3, 0.4) is 0 Å². The van der Waals surface area contributed by atoms with Crippen LogP contribution >= 0.6 is 31.9 Å². The summed E-state index contributed by atoms with van der Waals surface area (Å²) in [6.45, 7) is 3.77. The summed E-state index contributed by atoms with van der Waals surface area (Å²) in [5, 5.41) is 0. The molecule has 1 amide bonds. The van der Waals surface area contributed by atoms with E-state index in [-0.39, 0.29) is 5.91 Å². The second kappa shape index (κ2) is 7.13. The minimum atomic E-state index is 0.0118. The molecule has 5 heteroatoms. The third-order valence-electron chi connectivity index (χ3n) is 2.39. The third kappa shape index (κ3) is 4.08. The van der Waals surface area contributed by atoms with E-state index in [4.69, 9.17) is 4.74 Å². The number of carbonyl (C=O) groups excluding carboxylic acids is 1. The van der Waals surface area contributed by atoms with Crippen LogP contribution in [-0.2, 0) is 4.74 Å². The lowest BCUT2D eigenvalue weighted by molar-refractivity contribution is 0.0705. The van der Waals surface area contributed by atoms with Crippen LogP contribution in [0.5, 0.6) is 0 Å². The summed E-state index contributed by atoms with van der Waals surface area (Å²) in [7, 11) is 1.63. The molecule has 0 spiro atoms. The molecule has 1 aromatic carbocycles. The number of amides is 1. The van der Waals surface area contributed by atoms with Gasteiger partial charge in [0.1, 0.15) is 0 Å². The Bertz CT molecular complexity index is 396. The Morgan fingerprint density at radius 3 is 2.71 bits per heavy atom. The maximum absolute atomic E-state index is 12.3. The van der Waals surface area contributed by atoms with Crippen molar-refractivity contribution in [3.63, 3.8) is 0 Å². The highest BCUT2D eigenvalue weighted by atomic mass is 79.9. The minimum absolute atomic E-state index is 0.0118. The quantitative estimate of drug-likeness (QED) is 0.802. The highest BCUT2D eigenvalue weighted by molar-refractivity contribution is 9.11. The number of hydrogen-bond donors (Lipinski definition) is 0. The van der Waals surface area contributed by atoms with Crippen molar-refractivity contribution in [2.75, 3.05) is 26.8 Å². The van der Waals surface area contributed by atoms with Gasteiger partial charge in [0.05, 0.1) is 12.2 Å². The minimum Gasteiger partial charge on any atom is -0.383 e. The number of likely N-dealkylation sites (N-methyl/N-ethyl adjacent to an activating group) is 1. The lowest BCUT2D eigenvalue weighted by Crippen LogP contribution is -2.33. The lowest BCUT2D eigenvalue weighted by atomic mass is 10.2. The molecule has 0 saturated heterocycles. The first-order chi connectivity index (χ1) is 8.10. The smallest absolute Gasteiger partial charge is 0.255 e. The molecule has 0 N–H and O–H groups in total. The number of halogens is 2. The molecule has 1 aromatic rings. The lowest BCUT2D eigenvalue weighted by Gasteiger charge is -2.21.